The summed E-state index contributed by atoms with van der Waals surface area (Å²) in [6.07, 6.45) is 5.58. The number of allylic oxidation sites excluding steroid dienone is 1. The summed E-state index contributed by atoms with van der Waals surface area (Å²) in [6, 6.07) is 10.5. The van der Waals surface area contributed by atoms with Crippen LogP contribution in [0.25, 0.3) is 0 Å². The molecule has 10 nitrogen and oxygen atoms in total. The van der Waals surface area contributed by atoms with E-state index in [1.807, 2.05) is 24.3 Å². The highest BCUT2D eigenvalue weighted by molar-refractivity contribution is 6.39. The van der Waals surface area contributed by atoms with Gasteiger partial charge in [-0.05, 0) is 68.3 Å². The number of amides is 2. The lowest BCUT2D eigenvalue weighted by molar-refractivity contribution is -0.118. The number of guanidine groups is 1. The van der Waals surface area contributed by atoms with E-state index in [9.17, 15) is 9.59 Å². The Morgan fingerprint density at radius 1 is 1.08 bits per heavy atom. The molecule has 208 valence electrons. The molecule has 0 aromatic heterocycles. The van der Waals surface area contributed by atoms with Crippen molar-refractivity contribution in [1.82, 2.24) is 10.6 Å². The lowest BCUT2D eigenvalue weighted by Gasteiger charge is -2.12. The maximum absolute atomic E-state index is 12.7. The maximum atomic E-state index is 12.7. The van der Waals surface area contributed by atoms with Gasteiger partial charge in [-0.25, -0.2) is 4.99 Å². The van der Waals surface area contributed by atoms with E-state index in [2.05, 4.69) is 26.1 Å². The van der Waals surface area contributed by atoms with Gasteiger partial charge in [0.25, 0.3) is 0 Å². The van der Waals surface area contributed by atoms with E-state index in [0.717, 1.165) is 12.8 Å². The van der Waals surface area contributed by atoms with Gasteiger partial charge in [0.2, 0.25) is 11.8 Å². The van der Waals surface area contributed by atoms with Gasteiger partial charge in [0.1, 0.15) is 19.0 Å². The third-order valence-corrected chi connectivity index (χ3v) is 6.00. The number of anilines is 1. The molecule has 4 aliphatic heterocycles. The van der Waals surface area contributed by atoms with Crippen LogP contribution in [0.5, 0.6) is 5.75 Å². The highest BCUT2D eigenvalue weighted by Crippen LogP contribution is 2.32. The SMILES string of the molecule is CCO/N=C1/CC(=O)NC(N)=NCc2cc(Cl)c(c(Cl)c2)NC(=O)CNCCC/C=C\COc2ccc1cc2. The summed E-state index contributed by atoms with van der Waals surface area (Å²) in [5, 5.41) is 13.0. The molecule has 4 aliphatic rings. The van der Waals surface area contributed by atoms with Crippen LogP contribution < -0.4 is 26.4 Å². The van der Waals surface area contributed by atoms with Gasteiger partial charge in [0, 0.05) is 5.56 Å². The highest BCUT2D eigenvalue weighted by atomic mass is 35.5. The van der Waals surface area contributed by atoms with Gasteiger partial charge in [-0.1, -0.05) is 40.5 Å². The Morgan fingerprint density at radius 3 is 2.54 bits per heavy atom. The monoisotopic (exact) mass is 574 g/mol. The van der Waals surface area contributed by atoms with Crippen LogP contribution in [0, 0.1) is 0 Å². The zero-order chi connectivity index (χ0) is 28.0. The Hall–Kier alpha value is -3.60. The standard InChI is InChI=1S/C27H32Cl2N6O4/c1-2-39-35-23-15-24(36)34-27(30)32-16-18-13-21(28)26(22(29)14-18)33-25(37)17-31-11-5-3-4-6-12-38-20-9-7-19(23)8-10-20/h4,6-10,13-14,31H,2-3,5,11-12,15-17H2,1H3,(H,33,37)(H3,30,32,34,36)/b6-4-,35-23-. The molecule has 0 spiro atoms. The first-order valence-electron chi connectivity index (χ1n) is 12.5. The average Bonchev–Trinajstić information content (AvgIpc) is 2.91. The Bertz CT molecular complexity index is 1210. The fourth-order valence-electron chi connectivity index (χ4n) is 3.53. The minimum atomic E-state index is -0.413. The van der Waals surface area contributed by atoms with Crippen molar-refractivity contribution in [3.05, 3.63) is 69.7 Å². The topological polar surface area (TPSA) is 139 Å². The van der Waals surface area contributed by atoms with E-state index in [-0.39, 0.29) is 41.4 Å². The Morgan fingerprint density at radius 2 is 1.82 bits per heavy atom. The molecule has 4 bridgehead atoms. The van der Waals surface area contributed by atoms with E-state index in [4.69, 9.17) is 38.5 Å². The molecule has 2 amide bonds. The molecule has 0 saturated heterocycles. The number of nitrogens with one attached hydrogen (secondary N) is 3. The zero-order valence-electron chi connectivity index (χ0n) is 21.6. The third-order valence-electron chi connectivity index (χ3n) is 5.41. The lowest BCUT2D eigenvalue weighted by Crippen LogP contribution is -2.37. The van der Waals surface area contributed by atoms with Gasteiger partial charge in [-0.2, -0.15) is 0 Å². The summed E-state index contributed by atoms with van der Waals surface area (Å²) >= 11 is 12.7. The van der Waals surface area contributed by atoms with Crippen LogP contribution in [0.1, 0.15) is 37.3 Å². The van der Waals surface area contributed by atoms with E-state index in [1.165, 1.54) is 0 Å². The Labute approximate surface area is 237 Å². The Kier molecular flexibility index (Phi) is 12.1. The number of carbonyl (C=O) groups is 2. The lowest BCUT2D eigenvalue weighted by atomic mass is 10.1. The van der Waals surface area contributed by atoms with Crippen molar-refractivity contribution in [2.75, 3.05) is 31.6 Å². The van der Waals surface area contributed by atoms with Crippen molar-refractivity contribution in [2.24, 2.45) is 15.9 Å². The number of rotatable bonds is 2. The Balaban J connectivity index is 1.78. The van der Waals surface area contributed by atoms with Crippen molar-refractivity contribution in [3.63, 3.8) is 0 Å². The summed E-state index contributed by atoms with van der Waals surface area (Å²) in [7, 11) is 0. The maximum Gasteiger partial charge on any atom is 0.238 e. The first-order chi connectivity index (χ1) is 18.9. The predicted molar refractivity (Wildman–Crippen MR) is 155 cm³/mol. The zero-order valence-corrected chi connectivity index (χ0v) is 23.1. The number of aliphatic imine (C=N–C) groups is 1. The minimum absolute atomic E-state index is 0.0790. The smallest absolute Gasteiger partial charge is 0.238 e. The molecule has 2 aromatic carbocycles. The number of halogens is 2. The van der Waals surface area contributed by atoms with Crippen molar-refractivity contribution >= 4 is 52.4 Å². The number of oxime groups is 1. The molecule has 0 radical (unpaired) electrons. The fourth-order valence-corrected chi connectivity index (χ4v) is 4.15. The average molecular weight is 575 g/mol. The van der Waals surface area contributed by atoms with E-state index in [0.29, 0.717) is 48.0 Å². The van der Waals surface area contributed by atoms with Crippen LogP contribution in [0.3, 0.4) is 0 Å². The number of hydrogen-bond donors (Lipinski definition) is 4. The molecule has 0 fully saturated rings. The van der Waals surface area contributed by atoms with Gasteiger partial charge < -0.3 is 25.9 Å². The quantitative estimate of drug-likeness (QED) is 0.315. The van der Waals surface area contributed by atoms with Crippen LogP contribution in [0.4, 0.5) is 5.69 Å². The molecule has 0 aliphatic carbocycles. The summed E-state index contributed by atoms with van der Waals surface area (Å²) in [5.41, 5.74) is 8.04. The first-order valence-corrected chi connectivity index (χ1v) is 13.3. The normalized spacial score (nSPS) is 18.1. The number of benzene rings is 2. The van der Waals surface area contributed by atoms with Crippen molar-refractivity contribution < 1.29 is 19.2 Å². The second kappa shape index (κ2) is 15.7. The van der Waals surface area contributed by atoms with Crippen LogP contribution in [-0.4, -0.2) is 49.8 Å². The van der Waals surface area contributed by atoms with Gasteiger partial charge in [0.05, 0.1) is 41.0 Å². The predicted octanol–water partition coefficient (Wildman–Crippen LogP) is 4.01. The minimum Gasteiger partial charge on any atom is -0.490 e. The van der Waals surface area contributed by atoms with Crippen molar-refractivity contribution in [2.45, 2.75) is 32.7 Å². The molecule has 0 saturated carbocycles. The number of carbonyl (C=O) groups excluding carboxylic acids is 2. The van der Waals surface area contributed by atoms with Gasteiger partial charge >= 0.3 is 0 Å². The second-order valence-corrected chi connectivity index (χ2v) is 9.31. The molecular formula is C27H32Cl2N6O4. The van der Waals surface area contributed by atoms with E-state index in [1.54, 1.807) is 31.2 Å². The molecule has 39 heavy (non-hydrogen) atoms. The van der Waals surface area contributed by atoms with Crippen molar-refractivity contribution in [3.8, 4) is 5.75 Å². The third kappa shape index (κ3) is 10.2. The van der Waals surface area contributed by atoms with Gasteiger partial charge in [-0.3, -0.25) is 14.9 Å². The van der Waals surface area contributed by atoms with Crippen LogP contribution in [0.15, 0.2) is 58.7 Å². The molecule has 2 aromatic rings. The number of ether oxygens (including phenoxy) is 1. The fraction of sp³-hybridized carbons (Fsp3) is 0.333. The molecule has 12 heteroatoms. The molecule has 5 N–H and O–H groups in total. The van der Waals surface area contributed by atoms with Gasteiger partial charge in [0.15, 0.2) is 5.96 Å². The summed E-state index contributed by atoms with van der Waals surface area (Å²) in [4.78, 5) is 34.4. The highest BCUT2D eigenvalue weighted by Gasteiger charge is 2.14. The molecule has 0 unspecified atom stereocenters. The number of nitrogens with two attached hydrogens (primary N) is 1. The first kappa shape index (κ1) is 29.9. The van der Waals surface area contributed by atoms with Gasteiger partial charge in [-0.15, -0.1) is 0 Å². The molecule has 6 rings (SSSR count). The number of nitrogens with zero attached hydrogens (tertiary/aromatic N) is 2. The van der Waals surface area contributed by atoms with Crippen molar-refractivity contribution in [1.29, 1.82) is 0 Å². The van der Waals surface area contributed by atoms with Crippen LogP contribution >= 0.6 is 23.2 Å². The summed E-state index contributed by atoms with van der Waals surface area (Å²) in [5.74, 6) is -0.0729. The summed E-state index contributed by atoms with van der Waals surface area (Å²) < 4.78 is 5.75. The van der Waals surface area contributed by atoms with Crippen LogP contribution in [0.2, 0.25) is 10.0 Å². The summed E-state index contributed by atoms with van der Waals surface area (Å²) in [6.45, 7) is 3.47. The van der Waals surface area contributed by atoms with Crippen LogP contribution in [-0.2, 0) is 21.0 Å². The van der Waals surface area contributed by atoms with E-state index >= 15 is 0 Å². The largest absolute Gasteiger partial charge is 0.490 e. The molecule has 4 heterocycles. The van der Waals surface area contributed by atoms with E-state index < -0.39 is 5.91 Å². The molecular weight excluding hydrogens is 543 g/mol. The molecule has 0 atom stereocenters. The second-order valence-electron chi connectivity index (χ2n) is 8.49. The number of hydrogen-bond acceptors (Lipinski definition) is 8.